The van der Waals surface area contributed by atoms with Gasteiger partial charge in [-0.1, -0.05) is 37.1 Å². The number of fused-ring (bicyclic) bond motifs is 1. The molecule has 0 unspecified atom stereocenters. The maximum absolute atomic E-state index is 11.7. The summed E-state index contributed by atoms with van der Waals surface area (Å²) in [4.78, 5) is 11.7. The monoisotopic (exact) mass is 288 g/mol. The minimum absolute atomic E-state index is 0.157. The molecule has 0 bridgehead atoms. The van der Waals surface area contributed by atoms with Crippen molar-refractivity contribution in [2.24, 2.45) is 0 Å². The van der Waals surface area contributed by atoms with E-state index >= 15 is 0 Å². The Hall–Kier alpha value is -2.23. The van der Waals surface area contributed by atoms with Crippen molar-refractivity contribution < 1.29 is 19.4 Å². The number of aromatic carboxylic acids is 1. The molecule has 2 aromatic rings. The number of carbonyl (C=O) groups is 1. The summed E-state index contributed by atoms with van der Waals surface area (Å²) in [7, 11) is 3.02. The summed E-state index contributed by atoms with van der Waals surface area (Å²) in [6, 6.07) is 5.76. The van der Waals surface area contributed by atoms with Crippen LogP contribution in [0.2, 0.25) is 0 Å². The number of benzene rings is 2. The largest absolute Gasteiger partial charge is 0.493 e. The lowest BCUT2D eigenvalue weighted by Gasteiger charge is -2.18. The van der Waals surface area contributed by atoms with Crippen LogP contribution in [0.15, 0.2) is 18.2 Å². The molecular formula is C17H20O4. The molecule has 4 nitrogen and oxygen atoms in total. The Balaban J connectivity index is 3.00. The van der Waals surface area contributed by atoms with E-state index in [2.05, 4.69) is 6.92 Å². The third kappa shape index (κ3) is 2.53. The summed E-state index contributed by atoms with van der Waals surface area (Å²) in [6.07, 6.45) is 1.74. The van der Waals surface area contributed by atoms with Crippen molar-refractivity contribution >= 4 is 16.7 Å². The smallest absolute Gasteiger partial charge is 0.340 e. The lowest BCUT2D eigenvalue weighted by Crippen LogP contribution is -2.07. The van der Waals surface area contributed by atoms with E-state index < -0.39 is 5.97 Å². The molecule has 0 aliphatic carbocycles. The van der Waals surface area contributed by atoms with Crippen LogP contribution < -0.4 is 9.47 Å². The highest BCUT2D eigenvalue weighted by Gasteiger charge is 2.24. The first-order valence-electron chi connectivity index (χ1n) is 6.95. The van der Waals surface area contributed by atoms with Gasteiger partial charge < -0.3 is 14.6 Å². The Morgan fingerprint density at radius 1 is 1.14 bits per heavy atom. The molecule has 2 rings (SSSR count). The van der Waals surface area contributed by atoms with E-state index in [0.29, 0.717) is 16.9 Å². The second-order valence-corrected chi connectivity index (χ2v) is 5.02. The minimum atomic E-state index is -1.01. The van der Waals surface area contributed by atoms with E-state index in [1.807, 2.05) is 25.1 Å². The molecule has 4 heteroatoms. The van der Waals surface area contributed by atoms with Crippen molar-refractivity contribution in [2.45, 2.75) is 26.7 Å². The van der Waals surface area contributed by atoms with Crippen LogP contribution in [-0.2, 0) is 6.42 Å². The van der Waals surface area contributed by atoms with Crippen LogP contribution >= 0.6 is 0 Å². The zero-order valence-electron chi connectivity index (χ0n) is 12.8. The number of carboxylic acids is 1. The molecule has 0 radical (unpaired) electrons. The van der Waals surface area contributed by atoms with Crippen LogP contribution in [-0.4, -0.2) is 25.3 Å². The van der Waals surface area contributed by atoms with Crippen LogP contribution in [0, 0.1) is 6.92 Å². The Morgan fingerprint density at radius 2 is 1.81 bits per heavy atom. The molecule has 112 valence electrons. The average Bonchev–Trinajstić information content (AvgIpc) is 2.46. The van der Waals surface area contributed by atoms with E-state index in [1.165, 1.54) is 7.11 Å². The SMILES string of the molecule is CCCc1c(OC)c(OC)c(C(=O)O)c2ccc(C)cc12. The lowest BCUT2D eigenvalue weighted by molar-refractivity contribution is 0.0695. The molecule has 0 aromatic heterocycles. The van der Waals surface area contributed by atoms with Gasteiger partial charge in [0.1, 0.15) is 5.56 Å². The third-order valence-electron chi connectivity index (χ3n) is 3.60. The van der Waals surface area contributed by atoms with Crippen LogP contribution in [0.3, 0.4) is 0 Å². The minimum Gasteiger partial charge on any atom is -0.493 e. The fourth-order valence-corrected chi connectivity index (χ4v) is 2.74. The van der Waals surface area contributed by atoms with Crippen LogP contribution in [0.5, 0.6) is 11.5 Å². The molecule has 21 heavy (non-hydrogen) atoms. The molecule has 0 atom stereocenters. The standard InChI is InChI=1S/C17H20O4/c1-5-6-12-13-9-10(2)7-8-11(13)14(17(18)19)16(21-4)15(12)20-3/h7-9H,5-6H2,1-4H3,(H,18,19). The number of hydrogen-bond acceptors (Lipinski definition) is 3. The van der Waals surface area contributed by atoms with E-state index in [0.717, 1.165) is 29.4 Å². The molecule has 0 heterocycles. The molecule has 0 aliphatic rings. The highest BCUT2D eigenvalue weighted by molar-refractivity contribution is 6.09. The van der Waals surface area contributed by atoms with Gasteiger partial charge >= 0.3 is 5.97 Å². The maximum atomic E-state index is 11.7. The molecule has 1 N–H and O–H groups in total. The first-order valence-corrected chi connectivity index (χ1v) is 6.95. The summed E-state index contributed by atoms with van der Waals surface area (Å²) in [5, 5.41) is 11.2. The molecule has 0 fully saturated rings. The molecular weight excluding hydrogens is 268 g/mol. The predicted octanol–water partition coefficient (Wildman–Crippen LogP) is 3.82. The van der Waals surface area contributed by atoms with Crippen molar-refractivity contribution in [2.75, 3.05) is 14.2 Å². The van der Waals surface area contributed by atoms with Gasteiger partial charge in [0, 0.05) is 10.9 Å². The highest BCUT2D eigenvalue weighted by Crippen LogP contribution is 2.42. The second kappa shape index (κ2) is 6.04. The molecule has 0 saturated carbocycles. The first kappa shape index (κ1) is 15.2. The highest BCUT2D eigenvalue weighted by atomic mass is 16.5. The fraction of sp³-hybridized carbons (Fsp3) is 0.353. The molecule has 0 spiro atoms. The summed E-state index contributed by atoms with van der Waals surface area (Å²) in [5.74, 6) is -0.193. The quantitative estimate of drug-likeness (QED) is 0.908. The Labute approximate surface area is 124 Å². The van der Waals surface area contributed by atoms with Gasteiger partial charge in [0.25, 0.3) is 0 Å². The lowest BCUT2D eigenvalue weighted by atomic mass is 9.93. The van der Waals surface area contributed by atoms with Crippen molar-refractivity contribution in [1.29, 1.82) is 0 Å². The van der Waals surface area contributed by atoms with Crippen molar-refractivity contribution in [1.82, 2.24) is 0 Å². The summed E-state index contributed by atoms with van der Waals surface area (Å²) in [5.41, 5.74) is 2.24. The Morgan fingerprint density at radius 3 is 2.33 bits per heavy atom. The number of carboxylic acid groups (broad SMARTS) is 1. The van der Waals surface area contributed by atoms with E-state index in [-0.39, 0.29) is 5.56 Å². The van der Waals surface area contributed by atoms with Gasteiger partial charge in [-0.25, -0.2) is 4.79 Å². The fourth-order valence-electron chi connectivity index (χ4n) is 2.74. The van der Waals surface area contributed by atoms with Gasteiger partial charge in [-0.05, 0) is 18.7 Å². The topological polar surface area (TPSA) is 55.8 Å². The van der Waals surface area contributed by atoms with Gasteiger partial charge in [0.05, 0.1) is 14.2 Å². The van der Waals surface area contributed by atoms with Crippen molar-refractivity contribution in [3.05, 3.63) is 34.9 Å². The number of aryl methyl sites for hydroxylation is 2. The van der Waals surface area contributed by atoms with Gasteiger partial charge in [0.15, 0.2) is 11.5 Å². The normalized spacial score (nSPS) is 10.7. The van der Waals surface area contributed by atoms with E-state index in [9.17, 15) is 9.90 Å². The molecule has 0 aliphatic heterocycles. The number of hydrogen-bond donors (Lipinski definition) is 1. The maximum Gasteiger partial charge on any atom is 0.340 e. The van der Waals surface area contributed by atoms with Crippen LogP contribution in [0.1, 0.15) is 34.8 Å². The Kier molecular flexibility index (Phi) is 4.36. The van der Waals surface area contributed by atoms with Crippen LogP contribution in [0.25, 0.3) is 10.8 Å². The predicted molar refractivity (Wildman–Crippen MR) is 82.7 cm³/mol. The van der Waals surface area contributed by atoms with Gasteiger partial charge in [-0.15, -0.1) is 0 Å². The summed E-state index contributed by atoms with van der Waals surface area (Å²) < 4.78 is 10.8. The average molecular weight is 288 g/mol. The van der Waals surface area contributed by atoms with Crippen molar-refractivity contribution in [3.63, 3.8) is 0 Å². The number of methoxy groups -OCH3 is 2. The van der Waals surface area contributed by atoms with E-state index in [1.54, 1.807) is 7.11 Å². The zero-order chi connectivity index (χ0) is 15.6. The van der Waals surface area contributed by atoms with Gasteiger partial charge in [-0.3, -0.25) is 0 Å². The molecule has 0 amide bonds. The first-order chi connectivity index (χ1) is 10.0. The third-order valence-corrected chi connectivity index (χ3v) is 3.60. The van der Waals surface area contributed by atoms with Gasteiger partial charge in [-0.2, -0.15) is 0 Å². The zero-order valence-corrected chi connectivity index (χ0v) is 12.8. The molecule has 0 saturated heterocycles. The molecule has 2 aromatic carbocycles. The Bertz CT molecular complexity index is 689. The summed E-state index contributed by atoms with van der Waals surface area (Å²) >= 11 is 0. The van der Waals surface area contributed by atoms with E-state index in [4.69, 9.17) is 9.47 Å². The van der Waals surface area contributed by atoms with Gasteiger partial charge in [0.2, 0.25) is 0 Å². The van der Waals surface area contributed by atoms with Crippen LogP contribution in [0.4, 0.5) is 0 Å². The summed E-state index contributed by atoms with van der Waals surface area (Å²) in [6.45, 7) is 4.07. The number of rotatable bonds is 5. The second-order valence-electron chi connectivity index (χ2n) is 5.02. The number of ether oxygens (including phenoxy) is 2. The van der Waals surface area contributed by atoms with Crippen molar-refractivity contribution in [3.8, 4) is 11.5 Å².